The molecule has 1 aromatic heterocycles. The van der Waals surface area contributed by atoms with Gasteiger partial charge in [0.1, 0.15) is 18.1 Å². The molecule has 1 aliphatic rings. The number of halogens is 3. The fourth-order valence-corrected chi connectivity index (χ4v) is 5.34. The Balaban J connectivity index is 1.65. The van der Waals surface area contributed by atoms with Crippen LogP contribution in [0.4, 0.5) is 0 Å². The van der Waals surface area contributed by atoms with Gasteiger partial charge in [-0.05, 0) is 47.5 Å². The molecular weight excluding hydrogens is 529 g/mol. The van der Waals surface area contributed by atoms with Crippen LogP contribution in [0.15, 0.2) is 76.7 Å². The Bertz CT molecular complexity index is 1580. The van der Waals surface area contributed by atoms with Gasteiger partial charge in [-0.15, -0.1) is 0 Å². The number of aliphatic imine (C=N–C) groups is 1. The lowest BCUT2D eigenvalue weighted by Crippen LogP contribution is -2.01. The quantitative estimate of drug-likeness (QED) is 0.292. The number of imidazole rings is 1. The van der Waals surface area contributed by atoms with Crippen molar-refractivity contribution in [1.82, 2.24) is 9.55 Å². The molecule has 0 bridgehead atoms. The third-order valence-electron chi connectivity index (χ3n) is 5.50. The Hall–Kier alpha value is -2.84. The lowest BCUT2D eigenvalue weighted by molar-refractivity contribution is 0.347. The number of benzene rings is 3. The molecule has 0 N–H and O–H groups in total. The fourth-order valence-electron chi connectivity index (χ4n) is 3.83. The highest BCUT2D eigenvalue weighted by Crippen LogP contribution is 2.37. The molecular formula is C25H18Cl3N3O3S. The van der Waals surface area contributed by atoms with Crippen LogP contribution in [-0.4, -0.2) is 43.3 Å². The summed E-state index contributed by atoms with van der Waals surface area (Å²) in [5.74, 6) is 0.932. The van der Waals surface area contributed by atoms with E-state index in [1.54, 1.807) is 53.2 Å². The molecule has 0 unspecified atom stereocenters. The van der Waals surface area contributed by atoms with Gasteiger partial charge in [0.25, 0.3) is 0 Å². The summed E-state index contributed by atoms with van der Waals surface area (Å²) < 4.78 is 31.4. The Kier molecular flexibility index (Phi) is 6.36. The van der Waals surface area contributed by atoms with Crippen LogP contribution in [0.2, 0.25) is 15.1 Å². The molecule has 0 atom stereocenters. The molecule has 178 valence electrons. The summed E-state index contributed by atoms with van der Waals surface area (Å²) in [5, 5.41) is 1.31. The highest BCUT2D eigenvalue weighted by molar-refractivity contribution is 7.90. The van der Waals surface area contributed by atoms with Crippen molar-refractivity contribution in [3.05, 3.63) is 87.6 Å². The lowest BCUT2D eigenvalue weighted by atomic mass is 10.1. The summed E-state index contributed by atoms with van der Waals surface area (Å²) in [6.07, 6.45) is 2.96. The number of nitrogens with zero attached hydrogens (tertiary/aromatic N) is 3. The van der Waals surface area contributed by atoms with Crippen LogP contribution in [-0.2, 0) is 14.6 Å². The van der Waals surface area contributed by atoms with Gasteiger partial charge in [0, 0.05) is 12.5 Å². The second-order valence-electron chi connectivity index (χ2n) is 7.92. The van der Waals surface area contributed by atoms with E-state index in [0.29, 0.717) is 56.9 Å². The molecule has 0 saturated carbocycles. The highest BCUT2D eigenvalue weighted by atomic mass is 35.5. The number of rotatable bonds is 5. The molecule has 0 aliphatic carbocycles. The van der Waals surface area contributed by atoms with Gasteiger partial charge in [-0.2, -0.15) is 0 Å². The van der Waals surface area contributed by atoms with Crippen molar-refractivity contribution < 1.29 is 13.2 Å². The van der Waals surface area contributed by atoms with E-state index in [1.165, 1.54) is 6.26 Å². The molecule has 0 spiro atoms. The second-order valence-corrected chi connectivity index (χ2v) is 11.2. The summed E-state index contributed by atoms with van der Waals surface area (Å²) in [4.78, 5) is 9.34. The molecule has 3 aromatic carbocycles. The van der Waals surface area contributed by atoms with E-state index in [1.807, 2.05) is 18.2 Å². The van der Waals surface area contributed by atoms with Crippen molar-refractivity contribution in [2.75, 3.05) is 19.4 Å². The molecule has 4 aromatic rings. The predicted octanol–water partition coefficient (Wildman–Crippen LogP) is 6.35. The van der Waals surface area contributed by atoms with Gasteiger partial charge < -0.3 is 4.74 Å². The average molecular weight is 547 g/mol. The van der Waals surface area contributed by atoms with Crippen molar-refractivity contribution in [3.63, 3.8) is 0 Å². The normalized spacial score (nSPS) is 13.5. The maximum absolute atomic E-state index is 12.0. The van der Waals surface area contributed by atoms with E-state index in [2.05, 4.69) is 4.99 Å². The maximum atomic E-state index is 12.0. The first-order valence-corrected chi connectivity index (χ1v) is 13.6. The molecule has 0 fully saturated rings. The molecule has 5 rings (SSSR count). The molecule has 0 amide bonds. The van der Waals surface area contributed by atoms with Gasteiger partial charge in [-0.1, -0.05) is 59.1 Å². The van der Waals surface area contributed by atoms with Crippen molar-refractivity contribution in [2.24, 2.45) is 4.99 Å². The van der Waals surface area contributed by atoms with Gasteiger partial charge in [-0.3, -0.25) is 4.57 Å². The van der Waals surface area contributed by atoms with Gasteiger partial charge in [-0.25, -0.2) is 18.4 Å². The van der Waals surface area contributed by atoms with Crippen LogP contribution in [0, 0.1) is 0 Å². The van der Waals surface area contributed by atoms with Gasteiger partial charge in [0.2, 0.25) is 5.90 Å². The monoisotopic (exact) mass is 545 g/mol. The van der Waals surface area contributed by atoms with E-state index in [9.17, 15) is 8.42 Å². The van der Waals surface area contributed by atoms with Crippen molar-refractivity contribution in [1.29, 1.82) is 0 Å². The number of hydrogen-bond donors (Lipinski definition) is 0. The van der Waals surface area contributed by atoms with Crippen molar-refractivity contribution in [3.8, 4) is 28.2 Å². The summed E-state index contributed by atoms with van der Waals surface area (Å²) in [6.45, 7) is 1.05. The van der Waals surface area contributed by atoms with Gasteiger partial charge >= 0.3 is 0 Å². The largest absolute Gasteiger partial charge is 0.474 e. The van der Waals surface area contributed by atoms with E-state index in [-0.39, 0.29) is 4.90 Å². The standard InChI is InChI=1S/C25H18Cl3N3O3S/c1-35(32,33)17-5-2-4-15(12-17)16-8-9-22(20(28)13-16)31-14-21(25-29-10-11-34-25)30-24(31)23-18(26)6-3-7-19(23)27/h2-9,12-14H,10-11H2,1H3. The molecule has 6 nitrogen and oxygen atoms in total. The van der Waals surface area contributed by atoms with Crippen LogP contribution in [0.25, 0.3) is 28.2 Å². The Morgan fingerprint density at radius 3 is 2.29 bits per heavy atom. The highest BCUT2D eigenvalue weighted by Gasteiger charge is 2.23. The first-order chi connectivity index (χ1) is 16.7. The summed E-state index contributed by atoms with van der Waals surface area (Å²) >= 11 is 19.8. The summed E-state index contributed by atoms with van der Waals surface area (Å²) in [7, 11) is -3.34. The van der Waals surface area contributed by atoms with Crippen molar-refractivity contribution >= 4 is 50.5 Å². The third-order valence-corrected chi connectivity index (χ3v) is 7.54. The third kappa shape index (κ3) is 4.69. The van der Waals surface area contributed by atoms with Crippen LogP contribution in [0.5, 0.6) is 0 Å². The van der Waals surface area contributed by atoms with E-state index < -0.39 is 9.84 Å². The molecule has 35 heavy (non-hydrogen) atoms. The second kappa shape index (κ2) is 9.32. The van der Waals surface area contributed by atoms with Crippen LogP contribution < -0.4 is 0 Å². The van der Waals surface area contributed by atoms with Gasteiger partial charge in [0.05, 0.1) is 37.8 Å². The summed E-state index contributed by atoms with van der Waals surface area (Å²) in [5.41, 5.74) is 3.23. The first kappa shape index (κ1) is 23.9. The summed E-state index contributed by atoms with van der Waals surface area (Å²) in [6, 6.07) is 17.4. The average Bonchev–Trinajstić information content (AvgIpc) is 3.49. The Morgan fingerprint density at radius 1 is 0.914 bits per heavy atom. The minimum absolute atomic E-state index is 0.238. The van der Waals surface area contributed by atoms with E-state index in [0.717, 1.165) is 11.1 Å². The van der Waals surface area contributed by atoms with E-state index in [4.69, 9.17) is 44.5 Å². The smallest absolute Gasteiger partial charge is 0.237 e. The lowest BCUT2D eigenvalue weighted by Gasteiger charge is -2.13. The Morgan fingerprint density at radius 2 is 1.63 bits per heavy atom. The molecule has 0 radical (unpaired) electrons. The zero-order valence-corrected chi connectivity index (χ0v) is 21.5. The first-order valence-electron chi connectivity index (χ1n) is 10.5. The zero-order chi connectivity index (χ0) is 24.7. The van der Waals surface area contributed by atoms with Crippen LogP contribution in [0.3, 0.4) is 0 Å². The molecule has 0 saturated heterocycles. The molecule has 10 heteroatoms. The SMILES string of the molecule is CS(=O)(=O)c1cccc(-c2ccc(-n3cc(C4=NCCO4)nc3-c3c(Cl)cccc3Cl)c(Cl)c2)c1. The van der Waals surface area contributed by atoms with Crippen molar-refractivity contribution in [2.45, 2.75) is 4.90 Å². The number of ether oxygens (including phenoxy) is 1. The minimum Gasteiger partial charge on any atom is -0.474 e. The number of hydrogen-bond acceptors (Lipinski definition) is 5. The van der Waals surface area contributed by atoms with Gasteiger partial charge in [0.15, 0.2) is 9.84 Å². The number of sulfone groups is 1. The topological polar surface area (TPSA) is 73.5 Å². The Labute approximate surface area is 217 Å². The predicted molar refractivity (Wildman–Crippen MR) is 140 cm³/mol. The maximum Gasteiger partial charge on any atom is 0.237 e. The van der Waals surface area contributed by atoms with Crippen LogP contribution >= 0.6 is 34.8 Å². The molecule has 2 heterocycles. The van der Waals surface area contributed by atoms with E-state index >= 15 is 0 Å². The number of aromatic nitrogens is 2. The minimum atomic E-state index is -3.34. The zero-order valence-electron chi connectivity index (χ0n) is 18.4. The van der Waals surface area contributed by atoms with Crippen LogP contribution in [0.1, 0.15) is 5.69 Å². The fraction of sp³-hybridized carbons (Fsp3) is 0.120. The molecule has 1 aliphatic heterocycles.